The quantitative estimate of drug-likeness (QED) is 0.214. The minimum atomic E-state index is -3.70. The fraction of sp³-hybridized carbons (Fsp3) is 0.400. The lowest BCUT2D eigenvalue weighted by molar-refractivity contribution is -0.155. The van der Waals surface area contributed by atoms with Crippen molar-refractivity contribution in [3.63, 3.8) is 0 Å². The highest BCUT2D eigenvalue weighted by Gasteiger charge is 2.60. The molecule has 3 aromatic carbocycles. The van der Waals surface area contributed by atoms with E-state index in [1.54, 1.807) is 12.1 Å². The molecule has 6 rings (SSSR count). The molecule has 3 fully saturated rings. The van der Waals surface area contributed by atoms with E-state index in [1.807, 2.05) is 73.7 Å². The first kappa shape index (κ1) is 30.2. The molecule has 0 spiro atoms. The summed E-state index contributed by atoms with van der Waals surface area (Å²) in [6.07, 6.45) is 6.50. The van der Waals surface area contributed by atoms with Crippen molar-refractivity contribution in [3.05, 3.63) is 113 Å². The summed E-state index contributed by atoms with van der Waals surface area (Å²) in [7, 11) is -3.70. The predicted octanol–water partition coefficient (Wildman–Crippen LogP) is 8.78. The van der Waals surface area contributed by atoms with Crippen molar-refractivity contribution < 1.29 is 13.2 Å². The lowest BCUT2D eigenvalue weighted by atomic mass is 9.66. The van der Waals surface area contributed by atoms with Crippen LogP contribution in [0.4, 0.5) is 5.69 Å². The van der Waals surface area contributed by atoms with E-state index in [2.05, 4.69) is 22.3 Å². The summed E-state index contributed by atoms with van der Waals surface area (Å²) in [5.74, 6) is 0.249. The molecule has 1 aliphatic heterocycles. The zero-order valence-corrected chi connectivity index (χ0v) is 26.7. The molecule has 0 bridgehead atoms. The number of allylic oxidation sites excluding steroid dienone is 1. The first-order valence-corrected chi connectivity index (χ1v) is 17.3. The third-order valence-corrected chi connectivity index (χ3v) is 12.4. The van der Waals surface area contributed by atoms with Crippen LogP contribution in [0, 0.1) is 11.3 Å². The van der Waals surface area contributed by atoms with Gasteiger partial charge in [0.05, 0.1) is 16.2 Å². The zero-order valence-electron chi connectivity index (χ0n) is 24.4. The minimum absolute atomic E-state index is 0.0574. The molecule has 5 nitrogen and oxygen atoms in total. The minimum Gasteiger partial charge on any atom is -0.331 e. The number of piperidine rings is 1. The van der Waals surface area contributed by atoms with E-state index in [-0.39, 0.29) is 29.8 Å². The van der Waals surface area contributed by atoms with Gasteiger partial charge in [0.15, 0.2) is 0 Å². The zero-order chi connectivity index (χ0) is 30.4. The fourth-order valence-corrected chi connectivity index (χ4v) is 9.12. The van der Waals surface area contributed by atoms with Crippen LogP contribution in [0.3, 0.4) is 0 Å². The Bertz CT molecular complexity index is 1600. The highest BCUT2D eigenvalue weighted by Crippen LogP contribution is 2.57. The Balaban J connectivity index is 1.45. The van der Waals surface area contributed by atoms with Crippen molar-refractivity contribution in [1.82, 2.24) is 4.90 Å². The van der Waals surface area contributed by atoms with Gasteiger partial charge in [-0.05, 0) is 98.4 Å². The highest BCUT2D eigenvalue weighted by atomic mass is 35.5. The van der Waals surface area contributed by atoms with Gasteiger partial charge in [0.1, 0.15) is 0 Å². The van der Waals surface area contributed by atoms with Crippen LogP contribution in [0.25, 0.3) is 0 Å². The number of nitrogens with one attached hydrogen (secondary N) is 1. The predicted molar refractivity (Wildman–Crippen MR) is 175 cm³/mol. The van der Waals surface area contributed by atoms with Crippen molar-refractivity contribution >= 4 is 44.8 Å². The number of hydrogen-bond donors (Lipinski definition) is 1. The van der Waals surface area contributed by atoms with Crippen molar-refractivity contribution in [2.45, 2.75) is 74.6 Å². The van der Waals surface area contributed by atoms with Gasteiger partial charge >= 0.3 is 0 Å². The third-order valence-electron chi connectivity index (χ3n) is 9.69. The number of nitrogens with zero attached hydrogens (tertiary/aromatic N) is 1. The molecule has 1 saturated heterocycles. The van der Waals surface area contributed by atoms with Crippen LogP contribution >= 0.6 is 23.2 Å². The van der Waals surface area contributed by atoms with E-state index in [0.717, 1.165) is 24.0 Å². The van der Waals surface area contributed by atoms with Gasteiger partial charge in [-0.2, -0.15) is 0 Å². The average molecular weight is 638 g/mol. The molecule has 226 valence electrons. The molecule has 2 saturated carbocycles. The van der Waals surface area contributed by atoms with Gasteiger partial charge in [-0.15, -0.1) is 6.58 Å². The molecular weight excluding hydrogens is 599 g/mol. The number of carbonyl (C=O) groups excluding carboxylic acids is 1. The van der Waals surface area contributed by atoms with Gasteiger partial charge in [-0.1, -0.05) is 78.7 Å². The smallest absolute Gasteiger partial charge is 0.238 e. The number of benzene rings is 3. The van der Waals surface area contributed by atoms with Crippen LogP contribution in [-0.2, 0) is 14.8 Å². The lowest BCUT2D eigenvalue weighted by Gasteiger charge is -2.53. The molecule has 1 heterocycles. The van der Waals surface area contributed by atoms with Crippen LogP contribution in [0.15, 0.2) is 91.5 Å². The maximum absolute atomic E-state index is 14.8. The molecule has 4 atom stereocenters. The Hall–Kier alpha value is -2.80. The van der Waals surface area contributed by atoms with Crippen molar-refractivity contribution in [2.75, 3.05) is 4.72 Å². The fourth-order valence-electron chi connectivity index (χ4n) is 7.10. The topological polar surface area (TPSA) is 66.5 Å². The van der Waals surface area contributed by atoms with Gasteiger partial charge in [0, 0.05) is 27.7 Å². The molecule has 3 aliphatic rings. The number of amides is 1. The second-order valence-electron chi connectivity index (χ2n) is 12.9. The number of anilines is 1. The molecule has 43 heavy (non-hydrogen) atoms. The van der Waals surface area contributed by atoms with Gasteiger partial charge in [0.25, 0.3) is 0 Å². The Labute approximate surface area is 265 Å². The van der Waals surface area contributed by atoms with Gasteiger partial charge in [-0.25, -0.2) is 8.42 Å². The van der Waals surface area contributed by atoms with E-state index < -0.39 is 20.2 Å². The Morgan fingerprint density at radius 2 is 1.67 bits per heavy atom. The molecular formula is C35H38Cl2N2O3S. The molecule has 0 radical (unpaired) electrons. The molecule has 3 aromatic rings. The number of hydrogen-bond acceptors (Lipinski definition) is 3. The van der Waals surface area contributed by atoms with E-state index in [0.29, 0.717) is 47.8 Å². The summed E-state index contributed by atoms with van der Waals surface area (Å²) >= 11 is 12.9. The number of halogens is 2. The van der Waals surface area contributed by atoms with E-state index in [1.165, 1.54) is 0 Å². The van der Waals surface area contributed by atoms with E-state index in [9.17, 15) is 13.2 Å². The van der Waals surface area contributed by atoms with Crippen molar-refractivity contribution in [1.29, 1.82) is 0 Å². The maximum atomic E-state index is 14.8. The van der Waals surface area contributed by atoms with Crippen LogP contribution in [0.1, 0.15) is 75.0 Å². The Morgan fingerprint density at radius 1 is 0.977 bits per heavy atom. The van der Waals surface area contributed by atoms with Crippen molar-refractivity contribution in [2.24, 2.45) is 11.3 Å². The largest absolute Gasteiger partial charge is 0.331 e. The molecule has 8 heteroatoms. The van der Waals surface area contributed by atoms with Crippen LogP contribution in [-0.4, -0.2) is 30.0 Å². The second-order valence-corrected chi connectivity index (χ2v) is 15.8. The summed E-state index contributed by atoms with van der Waals surface area (Å²) in [5.41, 5.74) is 1.92. The lowest BCUT2D eigenvalue weighted by Crippen LogP contribution is -2.57. The van der Waals surface area contributed by atoms with E-state index in [4.69, 9.17) is 23.2 Å². The first-order chi connectivity index (χ1) is 20.6. The molecule has 1 amide bonds. The van der Waals surface area contributed by atoms with E-state index >= 15 is 0 Å². The molecule has 2 aliphatic carbocycles. The summed E-state index contributed by atoms with van der Waals surface area (Å²) in [6.45, 7) is 6.03. The number of carbonyl (C=O) groups is 1. The van der Waals surface area contributed by atoms with Gasteiger partial charge in [0.2, 0.25) is 15.9 Å². The third kappa shape index (κ3) is 5.99. The molecule has 1 N–H and O–H groups in total. The van der Waals surface area contributed by atoms with Crippen LogP contribution < -0.4 is 4.72 Å². The average Bonchev–Trinajstić information content (AvgIpc) is 3.90. The summed E-state index contributed by atoms with van der Waals surface area (Å²) in [4.78, 5) is 16.9. The second kappa shape index (κ2) is 11.6. The Morgan fingerprint density at radius 3 is 2.28 bits per heavy atom. The standard InChI is InChI=1S/C35H38Cl2N2O3S/c1-3-18-34(2)22-30(26-8-7-9-28(37)21-26)32(25-14-16-27(36)17-15-25)39(33(34)40)31(24-12-13-24)23-35(19-20-35)43(41,42)38-29-10-5-4-6-11-29/h3-11,14-17,21,24,30-32,38H,1,12-13,18-20,22-23H2,2H3/t30-,31+,32-,34+/m1/s1. The number of para-hydroxylation sites is 1. The summed E-state index contributed by atoms with van der Waals surface area (Å²) in [5, 5.41) is 1.27. The van der Waals surface area contributed by atoms with Crippen LogP contribution in [0.2, 0.25) is 10.0 Å². The van der Waals surface area contributed by atoms with Gasteiger partial charge < -0.3 is 4.90 Å². The highest BCUT2D eigenvalue weighted by molar-refractivity contribution is 7.94. The Kier molecular flexibility index (Phi) is 8.16. The number of likely N-dealkylation sites (tertiary alicyclic amines) is 1. The molecule has 0 aromatic heterocycles. The number of sulfonamides is 1. The normalized spacial score (nSPS) is 25.7. The monoisotopic (exact) mass is 636 g/mol. The first-order valence-electron chi connectivity index (χ1n) is 15.1. The maximum Gasteiger partial charge on any atom is 0.238 e. The summed E-state index contributed by atoms with van der Waals surface area (Å²) < 4.78 is 29.8. The van der Waals surface area contributed by atoms with Crippen molar-refractivity contribution in [3.8, 4) is 0 Å². The van der Waals surface area contributed by atoms with Crippen LogP contribution in [0.5, 0.6) is 0 Å². The van der Waals surface area contributed by atoms with Gasteiger partial charge in [-0.3, -0.25) is 9.52 Å². The SMILES string of the molecule is C=CC[C@@]1(C)C[C@H](c2cccc(Cl)c2)[C@@H](c2ccc(Cl)cc2)N([C@@H](CC2(S(=O)(=O)Nc3ccccc3)CC2)C2CC2)C1=O. The summed E-state index contributed by atoms with van der Waals surface area (Å²) in [6, 6.07) is 24.2. The molecule has 0 unspecified atom stereocenters. The number of rotatable bonds is 11.